The SMILES string of the molecule is O=C(OC1CC(C(=O)N2CCCC2C(=O)NCCO)=CC2OC(C3CC3)(C3CC3)OC21)c1cccc(I)c1. The van der Waals surface area contributed by atoms with Gasteiger partial charge >= 0.3 is 5.97 Å². The first-order valence-electron chi connectivity index (χ1n) is 13.6. The lowest BCUT2D eigenvalue weighted by atomic mass is 9.91. The number of fused-ring (bicyclic) bond motifs is 1. The highest BCUT2D eigenvalue weighted by Crippen LogP contribution is 2.59. The van der Waals surface area contributed by atoms with Gasteiger partial charge in [-0.3, -0.25) is 9.59 Å². The van der Waals surface area contributed by atoms with Gasteiger partial charge in [-0.15, -0.1) is 0 Å². The van der Waals surface area contributed by atoms with Crippen molar-refractivity contribution in [3.63, 3.8) is 0 Å². The average molecular weight is 636 g/mol. The van der Waals surface area contributed by atoms with E-state index < -0.39 is 36.1 Å². The standard InChI is InChI=1S/C28H33IN2O7/c29-20-4-1-3-16(13-20)27(35)36-22-14-17(26(34)31-11-2-5-21(31)25(33)30-10-12-32)15-23-24(22)38-28(37-23,18-6-7-18)19-8-9-19/h1,3-4,13,15,18-19,21-24,32H,2,5-12,14H2,(H,30,33). The van der Waals surface area contributed by atoms with Gasteiger partial charge in [0.15, 0.2) is 5.79 Å². The third-order valence-corrected chi connectivity index (χ3v) is 8.90. The molecule has 2 saturated carbocycles. The fourth-order valence-corrected chi connectivity index (χ4v) is 6.69. The molecule has 2 saturated heterocycles. The summed E-state index contributed by atoms with van der Waals surface area (Å²) >= 11 is 2.16. The number of aliphatic hydroxyl groups is 1. The van der Waals surface area contributed by atoms with Gasteiger partial charge in [-0.1, -0.05) is 6.07 Å². The number of aliphatic hydroxyl groups excluding tert-OH is 1. The number of hydrogen-bond acceptors (Lipinski definition) is 7. The Balaban J connectivity index is 1.26. The van der Waals surface area contributed by atoms with Crippen LogP contribution in [0.25, 0.3) is 0 Å². The van der Waals surface area contributed by atoms with Crippen LogP contribution in [0.5, 0.6) is 0 Å². The number of nitrogens with zero attached hydrogens (tertiary/aromatic N) is 1. The number of carbonyl (C=O) groups is 3. The minimum Gasteiger partial charge on any atom is -0.456 e. The van der Waals surface area contributed by atoms with Crippen LogP contribution in [0.15, 0.2) is 35.9 Å². The number of carbonyl (C=O) groups excluding carboxylic acids is 3. The third kappa shape index (κ3) is 5.00. The number of amides is 2. The Morgan fingerprint density at radius 2 is 1.89 bits per heavy atom. The predicted octanol–water partition coefficient (Wildman–Crippen LogP) is 2.55. The Kier molecular flexibility index (Phi) is 7.25. The van der Waals surface area contributed by atoms with Crippen molar-refractivity contribution in [2.24, 2.45) is 11.8 Å². The van der Waals surface area contributed by atoms with Crippen LogP contribution in [0.1, 0.15) is 55.3 Å². The van der Waals surface area contributed by atoms with Crippen LogP contribution in [0, 0.1) is 15.4 Å². The summed E-state index contributed by atoms with van der Waals surface area (Å²) in [7, 11) is 0. The molecule has 2 heterocycles. The molecule has 0 aromatic heterocycles. The summed E-state index contributed by atoms with van der Waals surface area (Å²) in [6.45, 7) is 0.463. The summed E-state index contributed by atoms with van der Waals surface area (Å²) < 4.78 is 20.3. The molecule has 3 aliphatic carbocycles. The molecule has 6 rings (SSSR count). The van der Waals surface area contributed by atoms with E-state index in [1.807, 2.05) is 18.2 Å². The molecule has 0 bridgehead atoms. The minimum absolute atomic E-state index is 0.149. The lowest BCUT2D eigenvalue weighted by Crippen LogP contribution is -2.49. The largest absolute Gasteiger partial charge is 0.456 e. The Morgan fingerprint density at radius 1 is 1.13 bits per heavy atom. The first kappa shape index (κ1) is 26.2. The molecule has 2 N–H and O–H groups in total. The van der Waals surface area contributed by atoms with Crippen molar-refractivity contribution in [3.05, 3.63) is 45.0 Å². The van der Waals surface area contributed by atoms with Gasteiger partial charge in [-0.05, 0) is 85.4 Å². The first-order valence-corrected chi connectivity index (χ1v) is 14.7. The zero-order valence-corrected chi connectivity index (χ0v) is 23.3. The summed E-state index contributed by atoms with van der Waals surface area (Å²) in [6.07, 6.45) is 5.88. The molecular formula is C28H33IN2O7. The number of hydrogen-bond donors (Lipinski definition) is 2. The Bertz CT molecular complexity index is 1140. The van der Waals surface area contributed by atoms with Crippen molar-refractivity contribution in [1.82, 2.24) is 10.2 Å². The number of halogens is 1. The topological polar surface area (TPSA) is 114 Å². The number of esters is 1. The maximum atomic E-state index is 13.8. The number of rotatable bonds is 8. The Labute approximate surface area is 235 Å². The van der Waals surface area contributed by atoms with E-state index in [1.54, 1.807) is 17.0 Å². The predicted molar refractivity (Wildman–Crippen MR) is 144 cm³/mol. The maximum Gasteiger partial charge on any atom is 0.338 e. The van der Waals surface area contributed by atoms with Crippen LogP contribution >= 0.6 is 22.6 Å². The van der Waals surface area contributed by atoms with Gasteiger partial charge in [0.25, 0.3) is 0 Å². The summed E-state index contributed by atoms with van der Waals surface area (Å²) in [6, 6.07) is 6.63. The van der Waals surface area contributed by atoms with E-state index in [0.29, 0.717) is 35.9 Å². The average Bonchev–Trinajstić information content (AvgIpc) is 3.86. The van der Waals surface area contributed by atoms with Gasteiger partial charge < -0.3 is 29.5 Å². The zero-order chi connectivity index (χ0) is 26.4. The highest BCUT2D eigenvalue weighted by Gasteiger charge is 2.64. The second-order valence-electron chi connectivity index (χ2n) is 11.0. The molecule has 2 aliphatic heterocycles. The van der Waals surface area contributed by atoms with E-state index in [2.05, 4.69) is 27.9 Å². The smallest absolute Gasteiger partial charge is 0.338 e. The molecule has 38 heavy (non-hydrogen) atoms. The van der Waals surface area contributed by atoms with E-state index in [1.165, 1.54) is 0 Å². The van der Waals surface area contributed by atoms with E-state index in [9.17, 15) is 14.4 Å². The lowest BCUT2D eigenvalue weighted by molar-refractivity contribution is -0.209. The summed E-state index contributed by atoms with van der Waals surface area (Å²) in [5.74, 6) is -0.960. The van der Waals surface area contributed by atoms with E-state index in [-0.39, 0.29) is 31.4 Å². The Hall–Kier alpha value is -2.02. The van der Waals surface area contributed by atoms with Crippen LogP contribution in [-0.4, -0.2) is 77.6 Å². The highest BCUT2D eigenvalue weighted by atomic mass is 127. The molecule has 5 aliphatic rings. The summed E-state index contributed by atoms with van der Waals surface area (Å²) in [4.78, 5) is 41.2. The quantitative estimate of drug-likeness (QED) is 0.333. The second-order valence-corrected chi connectivity index (χ2v) is 12.2. The first-order chi connectivity index (χ1) is 18.4. The van der Waals surface area contributed by atoms with Crippen molar-refractivity contribution in [3.8, 4) is 0 Å². The fourth-order valence-electron chi connectivity index (χ4n) is 6.14. The number of nitrogens with one attached hydrogen (secondary N) is 1. The van der Waals surface area contributed by atoms with Crippen LogP contribution in [0.4, 0.5) is 0 Å². The van der Waals surface area contributed by atoms with Gasteiger partial charge in [0, 0.05) is 40.5 Å². The molecule has 4 unspecified atom stereocenters. The van der Waals surface area contributed by atoms with Gasteiger partial charge in [0.1, 0.15) is 24.4 Å². The molecule has 1 aromatic rings. The van der Waals surface area contributed by atoms with Crippen LogP contribution < -0.4 is 5.32 Å². The zero-order valence-electron chi connectivity index (χ0n) is 21.1. The Morgan fingerprint density at radius 3 is 2.58 bits per heavy atom. The van der Waals surface area contributed by atoms with E-state index in [4.69, 9.17) is 19.3 Å². The van der Waals surface area contributed by atoms with Crippen LogP contribution in [-0.2, 0) is 23.8 Å². The summed E-state index contributed by atoms with van der Waals surface area (Å²) in [5, 5.41) is 11.8. The van der Waals surface area contributed by atoms with Crippen molar-refractivity contribution >= 4 is 40.4 Å². The molecule has 9 nitrogen and oxygen atoms in total. The molecule has 0 spiro atoms. The number of benzene rings is 1. The third-order valence-electron chi connectivity index (χ3n) is 8.23. The second kappa shape index (κ2) is 10.5. The number of likely N-dealkylation sites (tertiary alicyclic amines) is 1. The molecular weight excluding hydrogens is 603 g/mol. The normalized spacial score (nSPS) is 29.9. The fraction of sp³-hybridized carbons (Fsp3) is 0.607. The molecule has 0 radical (unpaired) electrons. The van der Waals surface area contributed by atoms with Gasteiger partial charge in [-0.2, -0.15) is 0 Å². The van der Waals surface area contributed by atoms with Gasteiger partial charge in [0.05, 0.1) is 12.2 Å². The molecule has 4 atom stereocenters. The molecule has 1 aromatic carbocycles. The lowest BCUT2D eigenvalue weighted by Gasteiger charge is -2.33. The van der Waals surface area contributed by atoms with E-state index in [0.717, 1.165) is 35.7 Å². The van der Waals surface area contributed by atoms with Crippen LogP contribution in [0.2, 0.25) is 0 Å². The molecule has 10 heteroatoms. The van der Waals surface area contributed by atoms with Crippen molar-refractivity contribution in [2.45, 2.75) is 75.1 Å². The van der Waals surface area contributed by atoms with Crippen molar-refractivity contribution < 1.29 is 33.7 Å². The van der Waals surface area contributed by atoms with E-state index >= 15 is 0 Å². The van der Waals surface area contributed by atoms with Crippen molar-refractivity contribution in [1.29, 1.82) is 0 Å². The van der Waals surface area contributed by atoms with Crippen molar-refractivity contribution in [2.75, 3.05) is 19.7 Å². The monoisotopic (exact) mass is 636 g/mol. The highest BCUT2D eigenvalue weighted by molar-refractivity contribution is 14.1. The van der Waals surface area contributed by atoms with Crippen LogP contribution in [0.3, 0.4) is 0 Å². The molecule has 4 fully saturated rings. The van der Waals surface area contributed by atoms with Gasteiger partial charge in [0.2, 0.25) is 11.8 Å². The molecule has 204 valence electrons. The minimum atomic E-state index is -0.682. The summed E-state index contributed by atoms with van der Waals surface area (Å²) in [5.41, 5.74) is 0.935. The maximum absolute atomic E-state index is 13.8. The molecule has 2 amide bonds. The van der Waals surface area contributed by atoms with Gasteiger partial charge in [-0.25, -0.2) is 4.79 Å². The number of ether oxygens (including phenoxy) is 3.